The van der Waals surface area contributed by atoms with Gasteiger partial charge in [0.05, 0.1) is 6.67 Å². The summed E-state index contributed by atoms with van der Waals surface area (Å²) in [7, 11) is -4.98. The van der Waals surface area contributed by atoms with E-state index in [2.05, 4.69) is 0 Å². The minimum Gasteiger partial charge on any atom is -0.344 e. The summed E-state index contributed by atoms with van der Waals surface area (Å²) in [5.74, 6) is -1.83. The molecule has 0 heterocycles. The van der Waals surface area contributed by atoms with Crippen molar-refractivity contribution in [2.45, 2.75) is 62.7 Å². The summed E-state index contributed by atoms with van der Waals surface area (Å²) in [6, 6.07) is 0. The fourth-order valence-corrected chi connectivity index (χ4v) is 2.40. The van der Waals surface area contributed by atoms with Gasteiger partial charge in [0, 0.05) is 0 Å². The molecule has 4 nitrogen and oxygen atoms in total. The Morgan fingerprint density at radius 1 is 0.750 bits per heavy atom. The lowest BCUT2D eigenvalue weighted by Crippen LogP contribution is -2.44. The molecule has 0 radical (unpaired) electrons. The number of hydrogen-bond acceptors (Lipinski definition) is 3. The first kappa shape index (κ1) is 25.6. The minimum atomic E-state index is -4.98. The normalized spacial score (nSPS) is 19.7. The molecule has 24 heavy (non-hydrogen) atoms. The molecule has 0 fully saturated rings. The van der Waals surface area contributed by atoms with E-state index >= 15 is 0 Å². The highest BCUT2D eigenvalue weighted by Crippen LogP contribution is 2.26. The average Bonchev–Trinajstić information content (AvgIpc) is 2.46. The van der Waals surface area contributed by atoms with Gasteiger partial charge in [0.2, 0.25) is 0 Å². The Morgan fingerprint density at radius 2 is 1.21 bits per heavy atom. The molecule has 0 aliphatic rings. The molecular weight excluding hydrogens is 371 g/mol. The van der Waals surface area contributed by atoms with Crippen molar-refractivity contribution in [2.75, 3.05) is 12.4 Å². The van der Waals surface area contributed by atoms with Crippen LogP contribution in [0.2, 0.25) is 0 Å². The van der Waals surface area contributed by atoms with E-state index in [1.165, 1.54) is 0 Å². The van der Waals surface area contributed by atoms with Gasteiger partial charge in [-0.15, -0.1) is 0 Å². The van der Waals surface area contributed by atoms with Gasteiger partial charge in [-0.05, 0) is 12.8 Å². The zero-order valence-corrected chi connectivity index (χ0v) is 13.5. The Hall–Kier alpha value is -0.620. The highest BCUT2D eigenvalue weighted by molar-refractivity contribution is 7.85. The Balaban J connectivity index is 0. The fourth-order valence-electron chi connectivity index (χ4n) is 1.81. The van der Waals surface area contributed by atoms with Crippen LogP contribution < -0.4 is 6.15 Å². The van der Waals surface area contributed by atoms with Crippen molar-refractivity contribution in [1.29, 1.82) is 0 Å². The SMILES string of the molecule is N.O=S(=O)(O)CC(F)C(F)C(F)C(F)C(F)C(F)CCCCCF. The second-order valence-corrected chi connectivity index (χ2v) is 6.59. The van der Waals surface area contributed by atoms with Crippen LogP contribution >= 0.6 is 0 Å². The molecular formula is C12H22F7NO3S. The second-order valence-electron chi connectivity index (χ2n) is 5.10. The highest BCUT2D eigenvalue weighted by Gasteiger charge is 2.44. The molecule has 0 aromatic rings. The summed E-state index contributed by atoms with van der Waals surface area (Å²) in [4.78, 5) is 0. The average molecular weight is 393 g/mol. The van der Waals surface area contributed by atoms with Crippen molar-refractivity contribution < 1.29 is 43.7 Å². The van der Waals surface area contributed by atoms with Crippen molar-refractivity contribution in [3.8, 4) is 0 Å². The molecule has 6 unspecified atom stereocenters. The monoisotopic (exact) mass is 393 g/mol. The first-order valence-electron chi connectivity index (χ1n) is 6.86. The lowest BCUT2D eigenvalue weighted by atomic mass is 9.99. The maximum absolute atomic E-state index is 13.4. The van der Waals surface area contributed by atoms with Gasteiger partial charge in [0.15, 0.2) is 30.9 Å². The Bertz CT molecular complexity index is 429. The lowest BCUT2D eigenvalue weighted by molar-refractivity contribution is -0.0183. The number of unbranched alkanes of at least 4 members (excludes halogenated alkanes) is 2. The largest absolute Gasteiger partial charge is 0.344 e. The Kier molecular flexibility index (Phi) is 12.7. The van der Waals surface area contributed by atoms with E-state index in [4.69, 9.17) is 4.55 Å². The number of hydrogen-bond donors (Lipinski definition) is 2. The lowest BCUT2D eigenvalue weighted by Gasteiger charge is -2.23. The minimum absolute atomic E-state index is 0. The van der Waals surface area contributed by atoms with Gasteiger partial charge in [-0.1, -0.05) is 12.8 Å². The molecule has 0 bridgehead atoms. The molecule has 6 atom stereocenters. The van der Waals surface area contributed by atoms with Crippen LogP contribution in [-0.2, 0) is 10.1 Å². The quantitative estimate of drug-likeness (QED) is 0.301. The van der Waals surface area contributed by atoms with Gasteiger partial charge in [-0.25, -0.2) is 26.3 Å². The van der Waals surface area contributed by atoms with Gasteiger partial charge in [-0.3, -0.25) is 8.94 Å². The molecule has 0 rings (SSSR count). The molecule has 0 saturated heterocycles. The predicted molar refractivity (Wildman–Crippen MR) is 75.3 cm³/mol. The molecule has 0 aliphatic heterocycles. The molecule has 0 aliphatic carbocycles. The first-order valence-corrected chi connectivity index (χ1v) is 8.47. The smallest absolute Gasteiger partial charge is 0.267 e. The first-order chi connectivity index (χ1) is 10.5. The topological polar surface area (TPSA) is 89.4 Å². The Labute approximate surface area is 136 Å². The van der Waals surface area contributed by atoms with E-state index in [1.807, 2.05) is 0 Å². The van der Waals surface area contributed by atoms with Crippen LogP contribution in [0.3, 0.4) is 0 Å². The highest BCUT2D eigenvalue weighted by atomic mass is 32.2. The van der Waals surface area contributed by atoms with Crippen LogP contribution in [0, 0.1) is 0 Å². The third-order valence-corrected chi connectivity index (χ3v) is 3.83. The van der Waals surface area contributed by atoms with Crippen molar-refractivity contribution in [3.63, 3.8) is 0 Å². The number of rotatable bonds is 12. The molecule has 0 spiro atoms. The van der Waals surface area contributed by atoms with E-state index in [0.717, 1.165) is 0 Å². The third-order valence-electron chi connectivity index (χ3n) is 3.09. The summed E-state index contributed by atoms with van der Waals surface area (Å²) in [5.41, 5.74) is 0. The van der Waals surface area contributed by atoms with E-state index in [9.17, 15) is 39.2 Å². The van der Waals surface area contributed by atoms with Crippen molar-refractivity contribution >= 4 is 10.1 Å². The maximum atomic E-state index is 13.4. The molecule has 12 heteroatoms. The van der Waals surface area contributed by atoms with Crippen LogP contribution in [0.1, 0.15) is 25.7 Å². The standard InChI is InChI=1S/C12H19F7O3S.H3N/c13-5-3-1-2-4-7(14)9(16)11(18)12(19)10(17)8(15)6-23(20,21)22;/h7-12H,1-6H2,(H,20,21,22);1H3. The number of alkyl halides is 7. The second kappa shape index (κ2) is 11.9. The van der Waals surface area contributed by atoms with Gasteiger partial charge >= 0.3 is 0 Å². The van der Waals surface area contributed by atoms with E-state index in [0.29, 0.717) is 0 Å². The van der Waals surface area contributed by atoms with Crippen molar-refractivity contribution in [1.82, 2.24) is 6.15 Å². The predicted octanol–water partition coefficient (Wildman–Crippen LogP) is 3.59. The van der Waals surface area contributed by atoms with Gasteiger partial charge < -0.3 is 6.15 Å². The zero-order chi connectivity index (χ0) is 18.2. The van der Waals surface area contributed by atoms with Crippen LogP contribution in [0.15, 0.2) is 0 Å². The summed E-state index contributed by atoms with van der Waals surface area (Å²) < 4.78 is 121. The van der Waals surface area contributed by atoms with Gasteiger partial charge in [0.1, 0.15) is 11.9 Å². The van der Waals surface area contributed by atoms with Crippen LogP contribution in [0.5, 0.6) is 0 Å². The van der Waals surface area contributed by atoms with Crippen molar-refractivity contribution in [3.05, 3.63) is 0 Å². The third kappa shape index (κ3) is 9.62. The fraction of sp³-hybridized carbons (Fsp3) is 1.00. The van der Waals surface area contributed by atoms with Crippen LogP contribution in [0.25, 0.3) is 0 Å². The molecule has 0 aromatic heterocycles. The Morgan fingerprint density at radius 3 is 1.62 bits per heavy atom. The van der Waals surface area contributed by atoms with E-state index in [1.54, 1.807) is 0 Å². The summed E-state index contributed by atoms with van der Waals surface area (Å²) in [5, 5.41) is 0. The molecule has 0 saturated carbocycles. The van der Waals surface area contributed by atoms with Gasteiger partial charge in [0.25, 0.3) is 10.1 Å². The number of halogens is 7. The van der Waals surface area contributed by atoms with Gasteiger partial charge in [-0.2, -0.15) is 8.42 Å². The van der Waals surface area contributed by atoms with Crippen LogP contribution in [-0.4, -0.2) is 62.4 Å². The summed E-state index contributed by atoms with van der Waals surface area (Å²) in [6.07, 6.45) is -19.1. The molecule has 0 amide bonds. The maximum Gasteiger partial charge on any atom is 0.267 e. The summed E-state index contributed by atoms with van der Waals surface area (Å²) in [6.45, 7) is -0.663. The zero-order valence-electron chi connectivity index (χ0n) is 12.7. The van der Waals surface area contributed by atoms with Crippen molar-refractivity contribution in [2.24, 2.45) is 0 Å². The molecule has 148 valence electrons. The summed E-state index contributed by atoms with van der Waals surface area (Å²) >= 11 is 0. The van der Waals surface area contributed by atoms with Crippen LogP contribution in [0.4, 0.5) is 30.7 Å². The molecule has 0 aromatic carbocycles. The molecule has 4 N–H and O–H groups in total. The van der Waals surface area contributed by atoms with E-state index in [-0.39, 0.29) is 25.4 Å². The van der Waals surface area contributed by atoms with E-state index < -0.39 is 66.0 Å².